The Kier molecular flexibility index (Phi) is 12.8. The van der Waals surface area contributed by atoms with Crippen LogP contribution in [0, 0.1) is 0 Å². The molecule has 0 atom stereocenters. The molecule has 19 rings (SSSR count). The standard InChI is InChI=1S/C90H60N6/c1-5-25-69(26-6-1)91(77-49-51-85-81(59-77)79-33-17-19-35-83(79)93(85)71-29-9-3-10-30-71)73-41-45-75(46-42-73)95-87(65-39-37-61-21-13-15-23-63(61)53-65)55-67-58-90-68(57-89(67)95)56-88(66-40-38-62-22-14-16-24-64(62)54-66)96(90)76-47-43-74(44-48-76)92(70-27-7-2-8-28-70)78-50-52-86-82(60-78)80-34-18-20-36-84(80)94(86)72-31-11-4-12-32-72/h1-60H. The highest BCUT2D eigenvalue weighted by Gasteiger charge is 2.24. The molecule has 6 heteroatoms. The normalized spacial score (nSPS) is 11.8. The Morgan fingerprint density at radius 2 is 0.490 bits per heavy atom. The van der Waals surface area contributed by atoms with E-state index >= 15 is 0 Å². The lowest BCUT2D eigenvalue weighted by Crippen LogP contribution is -2.10. The van der Waals surface area contributed by atoms with Crippen LogP contribution in [-0.2, 0) is 0 Å². The minimum absolute atomic E-state index is 1.06. The molecule has 0 saturated heterocycles. The second kappa shape index (κ2) is 22.4. The molecule has 19 aromatic rings. The molecule has 6 nitrogen and oxygen atoms in total. The first kappa shape index (κ1) is 54.8. The molecule has 0 spiro atoms. The van der Waals surface area contributed by atoms with Crippen molar-refractivity contribution in [3.8, 4) is 45.3 Å². The van der Waals surface area contributed by atoms with Gasteiger partial charge in [-0.1, -0.05) is 182 Å². The minimum atomic E-state index is 1.06. The summed E-state index contributed by atoms with van der Waals surface area (Å²) in [7, 11) is 0. The van der Waals surface area contributed by atoms with Crippen LogP contribution in [0.4, 0.5) is 34.1 Å². The van der Waals surface area contributed by atoms with Crippen molar-refractivity contribution in [1.29, 1.82) is 0 Å². The van der Waals surface area contributed by atoms with Gasteiger partial charge in [-0.15, -0.1) is 0 Å². The summed E-state index contributed by atoms with van der Waals surface area (Å²) in [4.78, 5) is 4.77. The highest BCUT2D eigenvalue weighted by molar-refractivity contribution is 6.12. The van der Waals surface area contributed by atoms with E-state index in [1.54, 1.807) is 0 Å². The Labute approximate surface area is 555 Å². The Bertz CT molecular complexity index is 5800. The zero-order valence-electron chi connectivity index (χ0n) is 52.3. The third-order valence-electron chi connectivity index (χ3n) is 19.4. The molecule has 0 aliphatic rings. The number of nitrogens with zero attached hydrogens (tertiary/aromatic N) is 6. The van der Waals surface area contributed by atoms with E-state index in [-0.39, 0.29) is 0 Å². The summed E-state index contributed by atoms with van der Waals surface area (Å²) in [5.41, 5.74) is 22.3. The summed E-state index contributed by atoms with van der Waals surface area (Å²) in [5.74, 6) is 0. The maximum absolute atomic E-state index is 2.47. The van der Waals surface area contributed by atoms with Crippen molar-refractivity contribution < 1.29 is 0 Å². The topological polar surface area (TPSA) is 26.2 Å². The predicted octanol–water partition coefficient (Wildman–Crippen LogP) is 24.3. The highest BCUT2D eigenvalue weighted by atomic mass is 15.2. The van der Waals surface area contributed by atoms with Gasteiger partial charge in [0.15, 0.2) is 0 Å². The Morgan fingerprint density at radius 1 is 0.167 bits per heavy atom. The number of fused-ring (bicyclic) bond motifs is 10. The summed E-state index contributed by atoms with van der Waals surface area (Å²) in [5, 5.41) is 11.9. The first-order valence-electron chi connectivity index (χ1n) is 32.9. The van der Waals surface area contributed by atoms with Crippen molar-refractivity contribution in [2.24, 2.45) is 0 Å². The van der Waals surface area contributed by atoms with Crippen molar-refractivity contribution in [3.63, 3.8) is 0 Å². The second-order valence-electron chi connectivity index (χ2n) is 25.0. The van der Waals surface area contributed by atoms with Crippen LogP contribution in [0.1, 0.15) is 0 Å². The molecule has 0 unspecified atom stereocenters. The predicted molar refractivity (Wildman–Crippen MR) is 404 cm³/mol. The second-order valence-corrected chi connectivity index (χ2v) is 25.0. The Morgan fingerprint density at radius 3 is 0.906 bits per heavy atom. The fourth-order valence-corrected chi connectivity index (χ4v) is 15.0. The van der Waals surface area contributed by atoms with E-state index in [0.717, 1.165) is 101 Å². The van der Waals surface area contributed by atoms with E-state index in [9.17, 15) is 0 Å². The summed E-state index contributed by atoms with van der Waals surface area (Å²) in [6.45, 7) is 0. The lowest BCUT2D eigenvalue weighted by molar-refractivity contribution is 1.13. The van der Waals surface area contributed by atoms with Crippen molar-refractivity contribution in [1.82, 2.24) is 18.3 Å². The molecular weight excluding hydrogens is 1170 g/mol. The van der Waals surface area contributed by atoms with Gasteiger partial charge in [0.1, 0.15) is 0 Å². The fraction of sp³-hybridized carbons (Fsp3) is 0. The van der Waals surface area contributed by atoms with E-state index in [1.165, 1.54) is 65.2 Å². The highest BCUT2D eigenvalue weighted by Crippen LogP contribution is 2.45. The zero-order valence-corrected chi connectivity index (χ0v) is 52.3. The largest absolute Gasteiger partial charge is 0.310 e. The number of rotatable bonds is 12. The molecule has 450 valence electrons. The van der Waals surface area contributed by atoms with Crippen LogP contribution in [0.25, 0.3) is 132 Å². The van der Waals surface area contributed by atoms with Gasteiger partial charge in [-0.25, -0.2) is 0 Å². The van der Waals surface area contributed by atoms with Crippen LogP contribution in [0.3, 0.4) is 0 Å². The van der Waals surface area contributed by atoms with Gasteiger partial charge >= 0.3 is 0 Å². The van der Waals surface area contributed by atoms with Gasteiger partial charge in [-0.05, 0) is 215 Å². The number of hydrogen-bond donors (Lipinski definition) is 0. The molecule has 0 aliphatic heterocycles. The van der Waals surface area contributed by atoms with Crippen molar-refractivity contribution in [2.45, 2.75) is 0 Å². The van der Waals surface area contributed by atoms with E-state index in [1.807, 2.05) is 0 Å². The summed E-state index contributed by atoms with van der Waals surface area (Å²) in [6.07, 6.45) is 0. The lowest BCUT2D eigenvalue weighted by atomic mass is 10.0. The molecule has 96 heavy (non-hydrogen) atoms. The first-order valence-corrected chi connectivity index (χ1v) is 32.9. The van der Waals surface area contributed by atoms with Crippen molar-refractivity contribution >= 4 is 121 Å². The van der Waals surface area contributed by atoms with Crippen LogP contribution < -0.4 is 9.80 Å². The fourth-order valence-electron chi connectivity index (χ4n) is 15.0. The van der Waals surface area contributed by atoms with E-state index < -0.39 is 0 Å². The van der Waals surface area contributed by atoms with Gasteiger partial charge in [0, 0.05) is 89.2 Å². The first-order chi connectivity index (χ1) is 47.6. The molecule has 0 N–H and O–H groups in total. The summed E-state index contributed by atoms with van der Waals surface area (Å²) in [6, 6.07) is 133. The zero-order chi connectivity index (χ0) is 63.2. The van der Waals surface area contributed by atoms with Gasteiger partial charge in [0.05, 0.1) is 44.5 Å². The van der Waals surface area contributed by atoms with Gasteiger partial charge in [0.25, 0.3) is 0 Å². The van der Waals surface area contributed by atoms with E-state index in [0.29, 0.717) is 0 Å². The van der Waals surface area contributed by atoms with Crippen LogP contribution in [-0.4, -0.2) is 18.3 Å². The van der Waals surface area contributed by atoms with E-state index in [4.69, 9.17) is 0 Å². The Balaban J connectivity index is 0.766. The van der Waals surface area contributed by atoms with Gasteiger partial charge < -0.3 is 28.1 Å². The van der Waals surface area contributed by atoms with Gasteiger partial charge in [-0.3, -0.25) is 0 Å². The van der Waals surface area contributed by atoms with E-state index in [2.05, 4.69) is 392 Å². The van der Waals surface area contributed by atoms with Crippen LogP contribution in [0.2, 0.25) is 0 Å². The van der Waals surface area contributed by atoms with Gasteiger partial charge in [0.2, 0.25) is 0 Å². The molecule has 4 aromatic heterocycles. The summed E-state index contributed by atoms with van der Waals surface area (Å²) < 4.78 is 9.70. The molecule has 0 aliphatic carbocycles. The van der Waals surface area contributed by atoms with Crippen LogP contribution in [0.15, 0.2) is 364 Å². The van der Waals surface area contributed by atoms with Crippen molar-refractivity contribution in [2.75, 3.05) is 9.80 Å². The van der Waals surface area contributed by atoms with Crippen LogP contribution >= 0.6 is 0 Å². The van der Waals surface area contributed by atoms with Crippen molar-refractivity contribution in [3.05, 3.63) is 364 Å². The molecule has 0 fully saturated rings. The maximum Gasteiger partial charge on any atom is 0.0542 e. The number of hydrogen-bond acceptors (Lipinski definition) is 2. The van der Waals surface area contributed by atoms with Gasteiger partial charge in [-0.2, -0.15) is 0 Å². The molecular formula is C90H60N6. The minimum Gasteiger partial charge on any atom is -0.310 e. The molecule has 4 heterocycles. The van der Waals surface area contributed by atoms with Crippen LogP contribution in [0.5, 0.6) is 0 Å². The monoisotopic (exact) mass is 1220 g/mol. The SMILES string of the molecule is c1ccc(N(c2ccc(-n3c(-c4ccc5ccccc5c4)cc4cc5c(cc(-c6ccc7ccccc7c6)n5-c5ccc(N(c6ccccc6)c6ccc7c(c6)c6ccccc6n7-c6ccccc6)cc5)cc43)cc2)c2ccc3c(c2)c2ccccc2n3-c2ccccc2)cc1. The Hall–Kier alpha value is -12.9. The molecule has 0 saturated carbocycles. The smallest absolute Gasteiger partial charge is 0.0542 e. The quantitative estimate of drug-likeness (QED) is 0.122. The number of aromatic nitrogens is 4. The number of benzene rings is 15. The number of anilines is 6. The average Bonchev–Trinajstić information content (AvgIpc) is 1.62. The third kappa shape index (κ3) is 9.10. The third-order valence-corrected chi connectivity index (χ3v) is 19.4. The molecule has 0 bridgehead atoms. The maximum atomic E-state index is 2.47. The number of para-hydroxylation sites is 6. The molecule has 0 radical (unpaired) electrons. The molecule has 0 amide bonds. The summed E-state index contributed by atoms with van der Waals surface area (Å²) >= 11 is 0. The average molecular weight is 1230 g/mol. The lowest BCUT2D eigenvalue weighted by Gasteiger charge is -2.26. The molecule has 15 aromatic carbocycles.